The van der Waals surface area contributed by atoms with E-state index in [2.05, 4.69) is 25.3 Å². The van der Waals surface area contributed by atoms with Crippen molar-refractivity contribution >= 4 is 46.5 Å². The summed E-state index contributed by atoms with van der Waals surface area (Å²) in [5.41, 5.74) is 7.13. The van der Waals surface area contributed by atoms with Crippen molar-refractivity contribution in [2.75, 3.05) is 6.54 Å². The molecule has 1 saturated heterocycles. The Labute approximate surface area is 221 Å². The second-order valence-corrected chi connectivity index (χ2v) is 10.7. The second-order valence-electron chi connectivity index (χ2n) is 8.94. The fourth-order valence-electron chi connectivity index (χ4n) is 4.36. The molecule has 1 aliphatic heterocycles. The molecule has 1 fully saturated rings. The fraction of sp³-hybridized carbons (Fsp3) is 0.435. The Morgan fingerprint density at radius 1 is 1.27 bits per heavy atom. The van der Waals surface area contributed by atoms with E-state index in [1.165, 1.54) is 20.9 Å². The van der Waals surface area contributed by atoms with E-state index in [1.54, 1.807) is 27.0 Å². The zero-order chi connectivity index (χ0) is 26.7. The Bertz CT molecular complexity index is 1300. The maximum atomic E-state index is 13.5. The van der Waals surface area contributed by atoms with Gasteiger partial charge in [-0.2, -0.15) is 5.10 Å². The molecule has 3 atom stereocenters. The van der Waals surface area contributed by atoms with Gasteiger partial charge in [-0.1, -0.05) is 10.6 Å². The number of likely N-dealkylation sites (tertiary alicyclic amines) is 1. The predicted molar refractivity (Wildman–Crippen MR) is 137 cm³/mol. The molecule has 1 aliphatic rings. The summed E-state index contributed by atoms with van der Waals surface area (Å²) in [4.78, 5) is 54.7. The van der Waals surface area contributed by atoms with Gasteiger partial charge in [0.1, 0.15) is 22.7 Å². The quantitative estimate of drug-likeness (QED) is 0.373. The smallest absolute Gasteiger partial charge is 0.272 e. The van der Waals surface area contributed by atoms with Crippen molar-refractivity contribution in [3.63, 3.8) is 0 Å². The molecule has 12 nitrogen and oxygen atoms in total. The van der Waals surface area contributed by atoms with Gasteiger partial charge in [0, 0.05) is 30.9 Å². The van der Waals surface area contributed by atoms with Crippen LogP contribution in [-0.4, -0.2) is 72.6 Å². The number of carbonyl (C=O) groups is 4. The molecule has 0 saturated carbocycles. The van der Waals surface area contributed by atoms with E-state index in [-0.39, 0.29) is 37.2 Å². The van der Waals surface area contributed by atoms with Gasteiger partial charge in [0.05, 0.1) is 11.4 Å². The van der Waals surface area contributed by atoms with Crippen LogP contribution in [0, 0.1) is 13.8 Å². The molecule has 196 valence electrons. The third-order valence-corrected chi connectivity index (χ3v) is 7.95. The van der Waals surface area contributed by atoms with Crippen LogP contribution in [0.3, 0.4) is 0 Å². The largest absolute Gasteiger partial charge is 0.368 e. The lowest BCUT2D eigenvalue weighted by Gasteiger charge is -2.39. The van der Waals surface area contributed by atoms with Gasteiger partial charge in [0.15, 0.2) is 0 Å². The summed E-state index contributed by atoms with van der Waals surface area (Å²) in [6, 6.07) is 3.11. The van der Waals surface area contributed by atoms with Gasteiger partial charge in [0.2, 0.25) is 11.8 Å². The first kappa shape index (κ1) is 26.4. The molecule has 37 heavy (non-hydrogen) atoms. The van der Waals surface area contributed by atoms with Crippen LogP contribution >= 0.6 is 22.9 Å². The molecule has 14 heteroatoms. The first-order valence-electron chi connectivity index (χ1n) is 11.7. The number of nitrogens with zero attached hydrogens (tertiary/aromatic N) is 5. The average molecular weight is 545 g/mol. The highest BCUT2D eigenvalue weighted by Crippen LogP contribution is 2.23. The van der Waals surface area contributed by atoms with Crippen molar-refractivity contribution in [2.24, 2.45) is 12.8 Å². The topological polar surface area (TPSA) is 165 Å². The number of primary amides is 1. The number of rotatable bonds is 8. The number of piperidine rings is 1. The van der Waals surface area contributed by atoms with Crippen molar-refractivity contribution in [1.82, 2.24) is 34.9 Å². The molecule has 0 bridgehead atoms. The first-order valence-corrected chi connectivity index (χ1v) is 13.3. The van der Waals surface area contributed by atoms with Gasteiger partial charge in [-0.25, -0.2) is 0 Å². The standard InChI is InChI=1S/C23H28N8O4S2/c1-12-9-18(30(3)28-12)23(35)31-7-6-14(25-22(34)19-13(2)27-29-37-19)10-17(31)21(33)26-16(20(24)32)11-15-5-4-8-36-15/h4-5,8-9,14,16-17H,6-7,10-11H2,1-3H3,(H2,24,32)(H,25,34)(H,26,33)/t14-,16-,17-/m0/s1. The molecular weight excluding hydrogens is 516 g/mol. The Hall–Kier alpha value is -3.65. The lowest BCUT2D eigenvalue weighted by Crippen LogP contribution is -2.60. The molecule has 0 spiro atoms. The lowest BCUT2D eigenvalue weighted by molar-refractivity contribution is -0.131. The number of hydrogen-bond donors (Lipinski definition) is 3. The summed E-state index contributed by atoms with van der Waals surface area (Å²) < 4.78 is 5.28. The Morgan fingerprint density at radius 3 is 2.65 bits per heavy atom. The van der Waals surface area contributed by atoms with Crippen molar-refractivity contribution < 1.29 is 19.2 Å². The third-order valence-electron chi connectivity index (χ3n) is 6.23. The molecule has 0 aliphatic carbocycles. The fourth-order valence-corrected chi connectivity index (χ4v) is 5.67. The van der Waals surface area contributed by atoms with E-state index < -0.39 is 23.9 Å². The van der Waals surface area contributed by atoms with Crippen LogP contribution in [0.5, 0.6) is 0 Å². The highest BCUT2D eigenvalue weighted by Gasteiger charge is 2.39. The van der Waals surface area contributed by atoms with E-state index in [1.807, 2.05) is 17.5 Å². The van der Waals surface area contributed by atoms with E-state index in [0.717, 1.165) is 16.4 Å². The minimum atomic E-state index is -0.942. The van der Waals surface area contributed by atoms with Crippen LogP contribution in [0.25, 0.3) is 0 Å². The molecule has 4 rings (SSSR count). The molecule has 3 aromatic rings. The van der Waals surface area contributed by atoms with Crippen LogP contribution in [0.2, 0.25) is 0 Å². The molecular formula is C23H28N8O4S2. The summed E-state index contributed by atoms with van der Waals surface area (Å²) in [5.74, 6) is -1.87. The molecule has 0 aromatic carbocycles. The van der Waals surface area contributed by atoms with Crippen molar-refractivity contribution in [3.8, 4) is 0 Å². The summed E-state index contributed by atoms with van der Waals surface area (Å²) >= 11 is 2.45. The van der Waals surface area contributed by atoms with E-state index >= 15 is 0 Å². The van der Waals surface area contributed by atoms with Gasteiger partial charge >= 0.3 is 0 Å². The van der Waals surface area contributed by atoms with Crippen molar-refractivity contribution in [3.05, 3.63) is 50.4 Å². The van der Waals surface area contributed by atoms with E-state index in [4.69, 9.17) is 5.73 Å². The summed E-state index contributed by atoms with van der Waals surface area (Å²) in [6.07, 6.45) is 0.853. The minimum absolute atomic E-state index is 0.163. The molecule has 4 heterocycles. The van der Waals surface area contributed by atoms with Crippen LogP contribution < -0.4 is 16.4 Å². The number of carbonyl (C=O) groups excluding carboxylic acids is 4. The normalized spacial score (nSPS) is 18.3. The maximum Gasteiger partial charge on any atom is 0.272 e. The highest BCUT2D eigenvalue weighted by molar-refractivity contribution is 7.09. The van der Waals surface area contributed by atoms with E-state index in [9.17, 15) is 19.2 Å². The van der Waals surface area contributed by atoms with Gasteiger partial charge < -0.3 is 21.3 Å². The molecule has 0 radical (unpaired) electrons. The zero-order valence-electron chi connectivity index (χ0n) is 20.6. The summed E-state index contributed by atoms with van der Waals surface area (Å²) in [5, 5.41) is 15.7. The number of aromatic nitrogens is 4. The third kappa shape index (κ3) is 6.02. The number of aryl methyl sites for hydroxylation is 3. The zero-order valence-corrected chi connectivity index (χ0v) is 22.3. The minimum Gasteiger partial charge on any atom is -0.368 e. The number of nitrogens with one attached hydrogen (secondary N) is 2. The molecule has 4 N–H and O–H groups in total. The van der Waals surface area contributed by atoms with Crippen LogP contribution in [0.4, 0.5) is 0 Å². The number of thiophene rings is 1. The Balaban J connectivity index is 1.55. The maximum absolute atomic E-state index is 13.5. The van der Waals surface area contributed by atoms with Crippen LogP contribution in [0.1, 0.15) is 49.3 Å². The van der Waals surface area contributed by atoms with Gasteiger partial charge in [0.25, 0.3) is 11.8 Å². The molecule has 4 amide bonds. The summed E-state index contributed by atoms with van der Waals surface area (Å²) in [7, 11) is 1.66. The van der Waals surface area contributed by atoms with Gasteiger partial charge in [-0.3, -0.25) is 23.9 Å². The van der Waals surface area contributed by atoms with E-state index in [0.29, 0.717) is 28.4 Å². The van der Waals surface area contributed by atoms with Gasteiger partial charge in [-0.15, -0.1) is 16.4 Å². The van der Waals surface area contributed by atoms with Crippen LogP contribution in [-0.2, 0) is 23.1 Å². The second kappa shape index (κ2) is 11.2. The Morgan fingerprint density at radius 2 is 2.05 bits per heavy atom. The number of hydrogen-bond acceptors (Lipinski definition) is 9. The summed E-state index contributed by atoms with van der Waals surface area (Å²) in [6.45, 7) is 3.70. The molecule has 0 unspecified atom stereocenters. The first-order chi connectivity index (χ1) is 17.6. The Kier molecular flexibility index (Phi) is 7.97. The number of nitrogens with two attached hydrogens (primary N) is 1. The SMILES string of the molecule is Cc1cc(C(=O)N2CC[C@H](NC(=O)c3snnc3C)C[C@H]2C(=O)N[C@@H](Cc2cccs2)C(N)=O)n(C)n1. The van der Waals surface area contributed by atoms with Crippen LogP contribution in [0.15, 0.2) is 23.6 Å². The monoisotopic (exact) mass is 544 g/mol. The van der Waals surface area contributed by atoms with Crippen molar-refractivity contribution in [1.29, 1.82) is 0 Å². The number of amides is 4. The average Bonchev–Trinajstić information content (AvgIpc) is 3.59. The predicted octanol–water partition coefficient (Wildman–Crippen LogP) is 0.566. The highest BCUT2D eigenvalue weighted by atomic mass is 32.1. The van der Waals surface area contributed by atoms with Crippen molar-refractivity contribution in [2.45, 2.75) is 51.2 Å². The van der Waals surface area contributed by atoms with Gasteiger partial charge in [-0.05, 0) is 55.7 Å². The lowest BCUT2D eigenvalue weighted by atomic mass is 9.95. The molecule has 3 aromatic heterocycles.